The number of hydrogen-bond donors (Lipinski definition) is 1. The number of ether oxygens (including phenoxy) is 1. The van der Waals surface area contributed by atoms with E-state index >= 15 is 0 Å². The lowest BCUT2D eigenvalue weighted by Crippen LogP contribution is -2.13. The number of aliphatic carboxylic acids is 1. The number of hydrogen-bond acceptors (Lipinski definition) is 3. The summed E-state index contributed by atoms with van der Waals surface area (Å²) in [6.45, 7) is 0. The lowest BCUT2D eigenvalue weighted by Gasteiger charge is -2.16. The van der Waals surface area contributed by atoms with Gasteiger partial charge in [-0.15, -0.1) is 0 Å². The van der Waals surface area contributed by atoms with Crippen molar-refractivity contribution in [2.45, 2.75) is 31.6 Å². The fourth-order valence-corrected chi connectivity index (χ4v) is 2.93. The van der Waals surface area contributed by atoms with Crippen LogP contribution in [0.25, 0.3) is 0 Å². The van der Waals surface area contributed by atoms with Gasteiger partial charge in [-0.3, -0.25) is 4.79 Å². The van der Waals surface area contributed by atoms with Crippen molar-refractivity contribution >= 4 is 23.4 Å². The summed E-state index contributed by atoms with van der Waals surface area (Å²) in [7, 11) is 1.53. The number of Topliss-reactive ketones (excluding diaryl/α,β-unsaturated/α-hetero) is 1. The van der Waals surface area contributed by atoms with Gasteiger partial charge in [0.25, 0.3) is 5.78 Å². The quantitative estimate of drug-likeness (QED) is 0.680. The zero-order valence-electron chi connectivity index (χ0n) is 10.6. The Kier molecular flexibility index (Phi) is 4.10. The van der Waals surface area contributed by atoms with Crippen LogP contribution in [0.5, 0.6) is 5.75 Å². The van der Waals surface area contributed by atoms with Crippen LogP contribution < -0.4 is 4.74 Å². The molecule has 102 valence electrons. The van der Waals surface area contributed by atoms with Crippen LogP contribution in [0.3, 0.4) is 0 Å². The minimum atomic E-state index is -1.47. The van der Waals surface area contributed by atoms with E-state index in [0.29, 0.717) is 5.75 Å². The topological polar surface area (TPSA) is 63.6 Å². The lowest BCUT2D eigenvalue weighted by atomic mass is 9.94. The third-order valence-corrected chi connectivity index (χ3v) is 3.81. The number of ketones is 1. The molecule has 1 aliphatic rings. The molecule has 0 aromatic heterocycles. The fourth-order valence-electron chi connectivity index (χ4n) is 2.62. The third kappa shape index (κ3) is 2.73. The van der Waals surface area contributed by atoms with E-state index in [4.69, 9.17) is 21.4 Å². The zero-order valence-corrected chi connectivity index (χ0v) is 11.4. The van der Waals surface area contributed by atoms with Gasteiger partial charge < -0.3 is 9.84 Å². The normalized spacial score (nSPS) is 15.5. The number of methoxy groups -OCH3 is 1. The molecule has 19 heavy (non-hydrogen) atoms. The number of rotatable bonds is 4. The molecule has 0 aliphatic heterocycles. The van der Waals surface area contributed by atoms with Gasteiger partial charge in [0, 0.05) is 5.56 Å². The van der Waals surface area contributed by atoms with Crippen molar-refractivity contribution in [3.8, 4) is 5.75 Å². The van der Waals surface area contributed by atoms with Crippen molar-refractivity contribution in [3.05, 3.63) is 28.3 Å². The summed E-state index contributed by atoms with van der Waals surface area (Å²) in [4.78, 5) is 22.3. The highest BCUT2D eigenvalue weighted by molar-refractivity contribution is 6.41. The highest BCUT2D eigenvalue weighted by atomic mass is 35.5. The molecule has 1 aliphatic carbocycles. The monoisotopic (exact) mass is 282 g/mol. The van der Waals surface area contributed by atoms with Crippen LogP contribution in [0, 0.1) is 0 Å². The SMILES string of the molecule is COc1c(Cl)cc(C(=O)C(=O)O)cc1C1CCCC1. The van der Waals surface area contributed by atoms with E-state index in [1.807, 2.05) is 0 Å². The van der Waals surface area contributed by atoms with Crippen molar-refractivity contribution in [2.75, 3.05) is 7.11 Å². The Morgan fingerprint density at radius 3 is 2.47 bits per heavy atom. The van der Waals surface area contributed by atoms with Crippen molar-refractivity contribution in [1.29, 1.82) is 0 Å². The Bertz CT molecular complexity index is 518. The maximum Gasteiger partial charge on any atom is 0.377 e. The molecule has 0 atom stereocenters. The van der Waals surface area contributed by atoms with E-state index in [2.05, 4.69) is 0 Å². The minimum Gasteiger partial charge on any atom is -0.495 e. The van der Waals surface area contributed by atoms with Gasteiger partial charge in [0.1, 0.15) is 5.75 Å². The summed E-state index contributed by atoms with van der Waals surface area (Å²) in [6, 6.07) is 2.96. The van der Waals surface area contributed by atoms with Gasteiger partial charge >= 0.3 is 5.97 Å². The van der Waals surface area contributed by atoms with E-state index in [1.165, 1.54) is 13.2 Å². The predicted molar refractivity (Wildman–Crippen MR) is 71.2 cm³/mol. The van der Waals surface area contributed by atoms with E-state index in [0.717, 1.165) is 31.2 Å². The lowest BCUT2D eigenvalue weighted by molar-refractivity contribution is -0.131. The van der Waals surface area contributed by atoms with Crippen molar-refractivity contribution in [3.63, 3.8) is 0 Å². The molecule has 1 aromatic rings. The van der Waals surface area contributed by atoms with E-state index in [-0.39, 0.29) is 16.5 Å². The Morgan fingerprint density at radius 2 is 1.95 bits per heavy atom. The molecule has 1 N–H and O–H groups in total. The molecular formula is C14H15ClO4. The Balaban J connectivity index is 2.49. The molecule has 1 saturated carbocycles. The summed E-state index contributed by atoms with van der Waals surface area (Å²) >= 11 is 6.09. The third-order valence-electron chi connectivity index (χ3n) is 3.53. The molecular weight excluding hydrogens is 268 g/mol. The van der Waals surface area contributed by atoms with Gasteiger partial charge in [0.2, 0.25) is 0 Å². The van der Waals surface area contributed by atoms with Crippen LogP contribution in [-0.2, 0) is 4.79 Å². The molecule has 0 unspecified atom stereocenters. The van der Waals surface area contributed by atoms with E-state index < -0.39 is 11.8 Å². The second kappa shape index (κ2) is 5.61. The number of benzene rings is 1. The van der Waals surface area contributed by atoms with Gasteiger partial charge in [-0.2, -0.15) is 0 Å². The van der Waals surface area contributed by atoms with Crippen LogP contribution >= 0.6 is 11.6 Å². The van der Waals surface area contributed by atoms with Gasteiger partial charge in [0.15, 0.2) is 0 Å². The van der Waals surface area contributed by atoms with Crippen LogP contribution in [-0.4, -0.2) is 24.0 Å². The first-order valence-corrected chi connectivity index (χ1v) is 6.57. The summed E-state index contributed by atoms with van der Waals surface area (Å²) in [5.74, 6) is -1.58. The second-order valence-corrected chi connectivity index (χ2v) is 5.10. The number of carboxylic acid groups (broad SMARTS) is 1. The van der Waals surface area contributed by atoms with Crippen LogP contribution in [0.2, 0.25) is 5.02 Å². The van der Waals surface area contributed by atoms with Gasteiger partial charge in [-0.1, -0.05) is 24.4 Å². The van der Waals surface area contributed by atoms with Gasteiger partial charge in [-0.25, -0.2) is 4.79 Å². The predicted octanol–water partition coefficient (Wildman–Crippen LogP) is 3.27. The Hall–Kier alpha value is -1.55. The first-order chi connectivity index (χ1) is 9.04. The molecule has 0 bridgehead atoms. The smallest absolute Gasteiger partial charge is 0.377 e. The zero-order chi connectivity index (χ0) is 14.0. The van der Waals surface area contributed by atoms with Crippen LogP contribution in [0.1, 0.15) is 47.5 Å². The van der Waals surface area contributed by atoms with Crippen LogP contribution in [0.15, 0.2) is 12.1 Å². The Morgan fingerprint density at radius 1 is 1.32 bits per heavy atom. The largest absolute Gasteiger partial charge is 0.495 e. The molecule has 5 heteroatoms. The molecule has 0 saturated heterocycles. The number of carbonyl (C=O) groups excluding carboxylic acids is 1. The molecule has 0 spiro atoms. The maximum absolute atomic E-state index is 11.6. The van der Waals surface area contributed by atoms with Crippen molar-refractivity contribution < 1.29 is 19.4 Å². The molecule has 0 radical (unpaired) electrons. The number of halogens is 1. The first-order valence-electron chi connectivity index (χ1n) is 6.19. The average Bonchev–Trinajstić information content (AvgIpc) is 2.90. The summed E-state index contributed by atoms with van der Waals surface area (Å²) < 4.78 is 5.29. The average molecular weight is 283 g/mol. The molecule has 4 nitrogen and oxygen atoms in total. The van der Waals surface area contributed by atoms with Crippen LogP contribution in [0.4, 0.5) is 0 Å². The van der Waals surface area contributed by atoms with E-state index in [9.17, 15) is 9.59 Å². The number of carbonyl (C=O) groups is 2. The molecule has 1 aromatic carbocycles. The highest BCUT2D eigenvalue weighted by Gasteiger charge is 2.25. The molecule has 0 amide bonds. The Labute approximate surface area is 116 Å². The molecule has 0 heterocycles. The molecule has 2 rings (SSSR count). The van der Waals surface area contributed by atoms with Gasteiger partial charge in [-0.05, 0) is 36.5 Å². The second-order valence-electron chi connectivity index (χ2n) is 4.70. The van der Waals surface area contributed by atoms with E-state index in [1.54, 1.807) is 6.07 Å². The molecule has 1 fully saturated rings. The van der Waals surface area contributed by atoms with Gasteiger partial charge in [0.05, 0.1) is 12.1 Å². The summed E-state index contributed by atoms with van der Waals surface area (Å²) in [6.07, 6.45) is 4.28. The summed E-state index contributed by atoms with van der Waals surface area (Å²) in [5, 5.41) is 9.07. The standard InChI is InChI=1S/C14H15ClO4/c1-19-13-10(8-4-2-3-5-8)6-9(7-11(13)15)12(16)14(17)18/h6-8H,2-5H2,1H3,(H,17,18). The first kappa shape index (κ1) is 13.9. The maximum atomic E-state index is 11.6. The summed E-state index contributed by atoms with van der Waals surface area (Å²) in [5.41, 5.74) is 0.956. The number of carboxylic acids is 1. The highest BCUT2D eigenvalue weighted by Crippen LogP contribution is 2.42. The van der Waals surface area contributed by atoms with Crippen molar-refractivity contribution in [2.24, 2.45) is 0 Å². The van der Waals surface area contributed by atoms with Crippen molar-refractivity contribution in [1.82, 2.24) is 0 Å². The minimum absolute atomic E-state index is 0.111. The fraction of sp³-hybridized carbons (Fsp3) is 0.429.